The summed E-state index contributed by atoms with van der Waals surface area (Å²) in [7, 11) is 1.61. The molecule has 0 bridgehead atoms. The first kappa shape index (κ1) is 15.7. The van der Waals surface area contributed by atoms with Gasteiger partial charge in [-0.15, -0.1) is 0 Å². The number of hydrogen-bond acceptors (Lipinski definition) is 2. The van der Waals surface area contributed by atoms with Crippen molar-refractivity contribution in [2.45, 2.75) is 6.54 Å². The van der Waals surface area contributed by atoms with E-state index in [0.717, 1.165) is 15.8 Å². The molecule has 0 fully saturated rings. The molecule has 110 valence electrons. The lowest BCUT2D eigenvalue weighted by atomic mass is 10.2. The van der Waals surface area contributed by atoms with Gasteiger partial charge in [-0.1, -0.05) is 39.7 Å². The molecule has 0 unspecified atom stereocenters. The molecule has 0 aliphatic rings. The van der Waals surface area contributed by atoms with E-state index in [2.05, 4.69) is 26.6 Å². The Kier molecular flexibility index (Phi) is 5.47. The first-order valence-corrected chi connectivity index (χ1v) is 7.38. The first-order chi connectivity index (χ1) is 10.1. The summed E-state index contributed by atoms with van der Waals surface area (Å²) in [5.74, 6) is 0.755. The molecular weight excluding hydrogens is 356 g/mol. The molecule has 2 aromatic rings. The molecule has 0 atom stereocenters. The summed E-state index contributed by atoms with van der Waals surface area (Å²) in [6, 6.07) is 12.5. The number of urea groups is 1. The highest BCUT2D eigenvalue weighted by atomic mass is 79.9. The van der Waals surface area contributed by atoms with Gasteiger partial charge in [0.1, 0.15) is 5.75 Å². The molecule has 0 saturated heterocycles. The number of halogens is 2. The third-order valence-electron chi connectivity index (χ3n) is 2.77. The van der Waals surface area contributed by atoms with Gasteiger partial charge >= 0.3 is 6.03 Å². The Bertz CT molecular complexity index is 649. The molecule has 0 heterocycles. The quantitative estimate of drug-likeness (QED) is 0.837. The largest absolute Gasteiger partial charge is 0.497 e. The fraction of sp³-hybridized carbons (Fsp3) is 0.133. The summed E-state index contributed by atoms with van der Waals surface area (Å²) in [5, 5.41) is 5.94. The fourth-order valence-corrected chi connectivity index (χ4v) is 2.44. The van der Waals surface area contributed by atoms with Crippen molar-refractivity contribution in [2.24, 2.45) is 0 Å². The van der Waals surface area contributed by atoms with Crippen molar-refractivity contribution in [3.8, 4) is 5.75 Å². The van der Waals surface area contributed by atoms with E-state index in [9.17, 15) is 4.79 Å². The van der Waals surface area contributed by atoms with Gasteiger partial charge in [0.15, 0.2) is 0 Å². The van der Waals surface area contributed by atoms with Crippen LogP contribution < -0.4 is 15.4 Å². The van der Waals surface area contributed by atoms with Crippen molar-refractivity contribution in [1.82, 2.24) is 5.32 Å². The third kappa shape index (κ3) is 4.65. The van der Waals surface area contributed by atoms with Crippen LogP contribution in [0, 0.1) is 0 Å². The molecule has 0 aliphatic carbocycles. The van der Waals surface area contributed by atoms with Gasteiger partial charge in [-0.25, -0.2) is 4.79 Å². The number of ether oxygens (including phenoxy) is 1. The van der Waals surface area contributed by atoms with Crippen LogP contribution in [0.2, 0.25) is 5.02 Å². The van der Waals surface area contributed by atoms with Gasteiger partial charge in [0.2, 0.25) is 0 Å². The summed E-state index contributed by atoms with van der Waals surface area (Å²) < 4.78 is 5.99. The van der Waals surface area contributed by atoms with E-state index in [-0.39, 0.29) is 6.03 Å². The Hall–Kier alpha value is -1.72. The minimum absolute atomic E-state index is 0.318. The number of rotatable bonds is 4. The van der Waals surface area contributed by atoms with Crippen molar-refractivity contribution in [2.75, 3.05) is 12.4 Å². The molecule has 0 aromatic heterocycles. The Balaban J connectivity index is 1.92. The number of hydrogen-bond donors (Lipinski definition) is 2. The molecular formula is C15H14BrClN2O2. The number of nitrogens with one attached hydrogen (secondary N) is 2. The lowest BCUT2D eigenvalue weighted by molar-refractivity contribution is 0.251. The number of carbonyl (C=O) groups is 1. The second-order valence-corrected chi connectivity index (χ2v) is 5.61. The summed E-state index contributed by atoms with van der Waals surface area (Å²) >= 11 is 9.35. The number of benzene rings is 2. The van der Waals surface area contributed by atoms with Crippen molar-refractivity contribution in [3.63, 3.8) is 0 Å². The molecule has 2 rings (SSSR count). The van der Waals surface area contributed by atoms with Crippen molar-refractivity contribution < 1.29 is 9.53 Å². The van der Waals surface area contributed by atoms with Crippen molar-refractivity contribution in [3.05, 3.63) is 57.5 Å². The Morgan fingerprint density at radius 2 is 2.10 bits per heavy atom. The monoisotopic (exact) mass is 368 g/mol. The average Bonchev–Trinajstić information content (AvgIpc) is 2.48. The van der Waals surface area contributed by atoms with Crippen LogP contribution >= 0.6 is 27.5 Å². The zero-order valence-electron chi connectivity index (χ0n) is 11.3. The summed E-state index contributed by atoms with van der Waals surface area (Å²) in [4.78, 5) is 11.9. The number of methoxy groups -OCH3 is 1. The van der Waals surface area contributed by atoms with Crippen LogP contribution in [0.4, 0.5) is 10.5 Å². The maximum Gasteiger partial charge on any atom is 0.319 e. The van der Waals surface area contributed by atoms with Gasteiger partial charge < -0.3 is 15.4 Å². The molecule has 2 amide bonds. The topological polar surface area (TPSA) is 50.4 Å². The van der Waals surface area contributed by atoms with E-state index < -0.39 is 0 Å². The van der Waals surface area contributed by atoms with Gasteiger partial charge in [0.05, 0.1) is 17.8 Å². The zero-order valence-corrected chi connectivity index (χ0v) is 13.7. The molecule has 21 heavy (non-hydrogen) atoms. The standard InChI is InChI=1S/C15H14BrClN2O2/c1-21-12-4-2-3-10(7-12)9-18-15(20)19-14-6-5-11(16)8-13(14)17/h2-8H,9H2,1H3,(H2,18,19,20). The van der Waals surface area contributed by atoms with Gasteiger partial charge in [-0.2, -0.15) is 0 Å². The van der Waals surface area contributed by atoms with E-state index in [4.69, 9.17) is 16.3 Å². The van der Waals surface area contributed by atoms with Crippen molar-refractivity contribution >= 4 is 39.2 Å². The highest BCUT2D eigenvalue weighted by molar-refractivity contribution is 9.10. The number of anilines is 1. The number of carbonyl (C=O) groups excluding carboxylic acids is 1. The minimum atomic E-state index is -0.318. The van der Waals surface area contributed by atoms with Crippen LogP contribution in [0.5, 0.6) is 5.75 Å². The highest BCUT2D eigenvalue weighted by Gasteiger charge is 2.06. The van der Waals surface area contributed by atoms with Gasteiger partial charge in [0.25, 0.3) is 0 Å². The smallest absolute Gasteiger partial charge is 0.319 e. The maximum atomic E-state index is 11.9. The second kappa shape index (κ2) is 7.33. The second-order valence-electron chi connectivity index (χ2n) is 4.28. The van der Waals surface area contributed by atoms with E-state index in [1.807, 2.05) is 30.3 Å². The van der Waals surface area contributed by atoms with Crippen LogP contribution in [0.25, 0.3) is 0 Å². The normalized spacial score (nSPS) is 10.0. The third-order valence-corrected chi connectivity index (χ3v) is 3.57. The molecule has 0 spiro atoms. The predicted molar refractivity (Wildman–Crippen MR) is 88.0 cm³/mol. The van der Waals surface area contributed by atoms with E-state index >= 15 is 0 Å². The van der Waals surface area contributed by atoms with Crippen molar-refractivity contribution in [1.29, 1.82) is 0 Å². The molecule has 0 radical (unpaired) electrons. The SMILES string of the molecule is COc1cccc(CNC(=O)Nc2ccc(Br)cc2Cl)c1. The zero-order chi connectivity index (χ0) is 15.2. The van der Waals surface area contributed by atoms with Crippen LogP contribution in [-0.4, -0.2) is 13.1 Å². The summed E-state index contributed by atoms with van der Waals surface area (Å²) in [6.45, 7) is 0.400. The van der Waals surface area contributed by atoms with E-state index in [1.54, 1.807) is 19.2 Å². The van der Waals surface area contributed by atoms with Crippen LogP contribution in [0.15, 0.2) is 46.9 Å². The molecule has 2 N–H and O–H groups in total. The number of amides is 2. The first-order valence-electron chi connectivity index (χ1n) is 6.21. The minimum Gasteiger partial charge on any atom is -0.497 e. The Morgan fingerprint density at radius 1 is 1.29 bits per heavy atom. The Morgan fingerprint density at radius 3 is 2.81 bits per heavy atom. The molecule has 0 saturated carbocycles. The lowest BCUT2D eigenvalue weighted by Crippen LogP contribution is -2.28. The van der Waals surface area contributed by atoms with Crippen LogP contribution in [0.3, 0.4) is 0 Å². The van der Waals surface area contributed by atoms with E-state index in [1.165, 1.54) is 0 Å². The van der Waals surface area contributed by atoms with Gasteiger partial charge in [-0.05, 0) is 35.9 Å². The van der Waals surface area contributed by atoms with Gasteiger partial charge in [-0.3, -0.25) is 0 Å². The van der Waals surface area contributed by atoms with Gasteiger partial charge in [0, 0.05) is 11.0 Å². The maximum absolute atomic E-state index is 11.9. The Labute approximate surface area is 136 Å². The fourth-order valence-electron chi connectivity index (χ4n) is 1.72. The molecule has 6 heteroatoms. The lowest BCUT2D eigenvalue weighted by Gasteiger charge is -2.10. The summed E-state index contributed by atoms with van der Waals surface area (Å²) in [5.41, 5.74) is 1.51. The molecule has 4 nitrogen and oxygen atoms in total. The summed E-state index contributed by atoms with van der Waals surface area (Å²) in [6.07, 6.45) is 0. The average molecular weight is 370 g/mol. The van der Waals surface area contributed by atoms with Crippen LogP contribution in [0.1, 0.15) is 5.56 Å². The van der Waals surface area contributed by atoms with Crippen LogP contribution in [-0.2, 0) is 6.54 Å². The predicted octanol–water partition coefficient (Wildman–Crippen LogP) is 4.43. The van der Waals surface area contributed by atoms with E-state index in [0.29, 0.717) is 17.3 Å². The molecule has 0 aliphatic heterocycles. The molecule has 2 aromatic carbocycles. The highest BCUT2D eigenvalue weighted by Crippen LogP contribution is 2.25.